The van der Waals surface area contributed by atoms with Gasteiger partial charge in [0.05, 0.1) is 5.56 Å². The van der Waals surface area contributed by atoms with E-state index in [1.54, 1.807) is 47.8 Å². The molecule has 0 aliphatic rings. The van der Waals surface area contributed by atoms with Gasteiger partial charge in [-0.05, 0) is 53.3 Å². The van der Waals surface area contributed by atoms with E-state index in [4.69, 9.17) is 0 Å². The smallest absolute Gasteiger partial charge is 0.258 e. The average Bonchev–Trinajstić information content (AvgIpc) is 3.16. The van der Waals surface area contributed by atoms with E-state index >= 15 is 0 Å². The minimum absolute atomic E-state index is 0.192. The molecule has 30 heavy (non-hydrogen) atoms. The van der Waals surface area contributed by atoms with Gasteiger partial charge in [-0.2, -0.15) is 0 Å². The van der Waals surface area contributed by atoms with Gasteiger partial charge in [-0.3, -0.25) is 14.4 Å². The normalized spacial score (nSPS) is 10.5. The Morgan fingerprint density at radius 3 is 2.13 bits per heavy atom. The molecule has 6 nitrogen and oxygen atoms in total. The van der Waals surface area contributed by atoms with Crippen LogP contribution in [0.1, 0.15) is 53.0 Å². The van der Waals surface area contributed by atoms with Crippen LogP contribution in [0.15, 0.2) is 60.0 Å². The van der Waals surface area contributed by atoms with Crippen molar-refractivity contribution in [3.05, 3.63) is 76.7 Å². The molecule has 1 aromatic heterocycles. The lowest BCUT2D eigenvalue weighted by Crippen LogP contribution is -2.17. The van der Waals surface area contributed by atoms with Crippen LogP contribution in [0.25, 0.3) is 0 Å². The molecule has 3 rings (SSSR count). The van der Waals surface area contributed by atoms with Gasteiger partial charge in [-0.15, -0.1) is 11.3 Å². The molecule has 3 amide bonds. The third-order valence-corrected chi connectivity index (χ3v) is 5.25. The van der Waals surface area contributed by atoms with Crippen LogP contribution >= 0.6 is 11.3 Å². The molecular formula is C23H23N3O3S. The second-order valence-electron chi connectivity index (χ2n) is 7.11. The summed E-state index contributed by atoms with van der Waals surface area (Å²) >= 11 is 1.28. The number of nitrogens with one attached hydrogen (secondary N) is 3. The van der Waals surface area contributed by atoms with Gasteiger partial charge in [0.15, 0.2) is 0 Å². The fraction of sp³-hybridized carbons (Fsp3) is 0.174. The van der Waals surface area contributed by atoms with Crippen LogP contribution in [-0.4, -0.2) is 17.7 Å². The molecule has 1 heterocycles. The standard InChI is InChI=1S/C23H23N3O3S/c1-14(2)16-7-9-17(10-8-16)21(28)26-23-20(11-12-30-23)22(29)25-19-6-4-5-18(13-19)24-15(3)27/h4-14H,1-3H3,(H,24,27)(H,25,29)(H,26,28). The van der Waals surface area contributed by atoms with Gasteiger partial charge >= 0.3 is 0 Å². The Bertz CT molecular complexity index is 1070. The maximum absolute atomic E-state index is 12.7. The van der Waals surface area contributed by atoms with Gasteiger partial charge in [-0.25, -0.2) is 0 Å². The molecule has 0 spiro atoms. The number of hydrogen-bond donors (Lipinski definition) is 3. The second kappa shape index (κ2) is 9.37. The first-order valence-electron chi connectivity index (χ1n) is 9.51. The summed E-state index contributed by atoms with van der Waals surface area (Å²) in [4.78, 5) is 36.5. The molecule has 0 bridgehead atoms. The molecule has 0 saturated heterocycles. The molecule has 7 heteroatoms. The van der Waals surface area contributed by atoms with E-state index in [-0.39, 0.29) is 17.7 Å². The summed E-state index contributed by atoms with van der Waals surface area (Å²) in [6.45, 7) is 5.61. The van der Waals surface area contributed by atoms with Crippen LogP contribution in [0, 0.1) is 0 Å². The highest BCUT2D eigenvalue weighted by atomic mass is 32.1. The topological polar surface area (TPSA) is 87.3 Å². The van der Waals surface area contributed by atoms with Crippen molar-refractivity contribution in [1.82, 2.24) is 0 Å². The van der Waals surface area contributed by atoms with Gasteiger partial charge in [-0.1, -0.05) is 32.0 Å². The molecule has 0 unspecified atom stereocenters. The van der Waals surface area contributed by atoms with Crippen LogP contribution in [0.2, 0.25) is 0 Å². The number of benzene rings is 2. The van der Waals surface area contributed by atoms with Gasteiger partial charge in [0, 0.05) is 23.9 Å². The zero-order valence-corrected chi connectivity index (χ0v) is 17.8. The van der Waals surface area contributed by atoms with Crippen molar-refractivity contribution < 1.29 is 14.4 Å². The highest BCUT2D eigenvalue weighted by molar-refractivity contribution is 7.14. The summed E-state index contributed by atoms with van der Waals surface area (Å²) in [5.74, 6) is -0.419. The Balaban J connectivity index is 1.71. The Labute approximate surface area is 179 Å². The molecule has 0 radical (unpaired) electrons. The number of amides is 3. The van der Waals surface area contributed by atoms with Crippen LogP contribution in [-0.2, 0) is 4.79 Å². The van der Waals surface area contributed by atoms with Crippen molar-refractivity contribution in [2.24, 2.45) is 0 Å². The summed E-state index contributed by atoms with van der Waals surface area (Å²) in [6.07, 6.45) is 0. The number of carbonyl (C=O) groups is 3. The number of hydrogen-bond acceptors (Lipinski definition) is 4. The van der Waals surface area contributed by atoms with Crippen molar-refractivity contribution in [2.45, 2.75) is 26.7 Å². The summed E-state index contributed by atoms with van der Waals surface area (Å²) in [5, 5.41) is 10.5. The zero-order valence-electron chi connectivity index (χ0n) is 17.0. The van der Waals surface area contributed by atoms with Crippen LogP contribution in [0.3, 0.4) is 0 Å². The molecule has 0 atom stereocenters. The van der Waals surface area contributed by atoms with E-state index in [1.165, 1.54) is 18.3 Å². The predicted octanol–water partition coefficient (Wildman–Crippen LogP) is 5.33. The molecule has 0 fully saturated rings. The summed E-state index contributed by atoms with van der Waals surface area (Å²) < 4.78 is 0. The minimum atomic E-state index is -0.346. The molecule has 2 aromatic carbocycles. The third-order valence-electron chi connectivity index (χ3n) is 4.42. The van der Waals surface area contributed by atoms with E-state index < -0.39 is 0 Å². The predicted molar refractivity (Wildman–Crippen MR) is 122 cm³/mol. The Kier molecular flexibility index (Phi) is 6.64. The average molecular weight is 422 g/mol. The molecule has 3 N–H and O–H groups in total. The molecule has 0 aliphatic heterocycles. The maximum atomic E-state index is 12.7. The van der Waals surface area contributed by atoms with E-state index in [2.05, 4.69) is 29.8 Å². The van der Waals surface area contributed by atoms with Crippen molar-refractivity contribution >= 4 is 45.4 Å². The quantitative estimate of drug-likeness (QED) is 0.502. The third kappa shape index (κ3) is 5.33. The van der Waals surface area contributed by atoms with Gasteiger partial charge in [0.2, 0.25) is 5.91 Å². The largest absolute Gasteiger partial charge is 0.326 e. The fourth-order valence-electron chi connectivity index (χ4n) is 2.86. The Morgan fingerprint density at radius 2 is 1.50 bits per heavy atom. The lowest BCUT2D eigenvalue weighted by Gasteiger charge is -2.10. The minimum Gasteiger partial charge on any atom is -0.326 e. The van der Waals surface area contributed by atoms with Crippen LogP contribution in [0.5, 0.6) is 0 Å². The Hall–Kier alpha value is -3.45. The molecule has 154 valence electrons. The monoisotopic (exact) mass is 421 g/mol. The number of rotatable bonds is 6. The lowest BCUT2D eigenvalue weighted by atomic mass is 10.0. The lowest BCUT2D eigenvalue weighted by molar-refractivity contribution is -0.114. The fourth-order valence-corrected chi connectivity index (χ4v) is 3.64. The van der Waals surface area contributed by atoms with E-state index in [0.29, 0.717) is 33.4 Å². The van der Waals surface area contributed by atoms with Crippen LogP contribution < -0.4 is 16.0 Å². The van der Waals surface area contributed by atoms with Gasteiger partial charge < -0.3 is 16.0 Å². The van der Waals surface area contributed by atoms with Crippen LogP contribution in [0.4, 0.5) is 16.4 Å². The summed E-state index contributed by atoms with van der Waals surface area (Å²) in [6, 6.07) is 16.0. The first kappa shape index (κ1) is 21.3. The molecule has 0 aliphatic carbocycles. The summed E-state index contributed by atoms with van der Waals surface area (Å²) in [7, 11) is 0. The Morgan fingerprint density at radius 1 is 0.833 bits per heavy atom. The number of carbonyl (C=O) groups excluding carboxylic acids is 3. The second-order valence-corrected chi connectivity index (χ2v) is 8.03. The molecule has 3 aromatic rings. The zero-order chi connectivity index (χ0) is 21.7. The van der Waals surface area contributed by atoms with E-state index in [1.807, 2.05) is 12.1 Å². The van der Waals surface area contributed by atoms with Crippen molar-refractivity contribution in [3.63, 3.8) is 0 Å². The first-order valence-corrected chi connectivity index (χ1v) is 10.4. The SMILES string of the molecule is CC(=O)Nc1cccc(NC(=O)c2ccsc2NC(=O)c2ccc(C(C)C)cc2)c1. The first-order chi connectivity index (χ1) is 14.3. The van der Waals surface area contributed by atoms with Crippen molar-refractivity contribution in [2.75, 3.05) is 16.0 Å². The molecule has 0 saturated carbocycles. The van der Waals surface area contributed by atoms with E-state index in [0.717, 1.165) is 5.56 Å². The number of anilines is 3. The highest BCUT2D eigenvalue weighted by Crippen LogP contribution is 2.26. The maximum Gasteiger partial charge on any atom is 0.258 e. The number of thiophene rings is 1. The van der Waals surface area contributed by atoms with Gasteiger partial charge in [0.25, 0.3) is 11.8 Å². The van der Waals surface area contributed by atoms with Crippen molar-refractivity contribution in [1.29, 1.82) is 0 Å². The van der Waals surface area contributed by atoms with Gasteiger partial charge in [0.1, 0.15) is 5.00 Å². The highest BCUT2D eigenvalue weighted by Gasteiger charge is 2.16. The molecular weight excluding hydrogens is 398 g/mol. The summed E-state index contributed by atoms with van der Waals surface area (Å²) in [5.41, 5.74) is 3.19. The van der Waals surface area contributed by atoms with E-state index in [9.17, 15) is 14.4 Å². The van der Waals surface area contributed by atoms with Crippen molar-refractivity contribution in [3.8, 4) is 0 Å².